The quantitative estimate of drug-likeness (QED) is 0.167. The van der Waals surface area contributed by atoms with Gasteiger partial charge >= 0.3 is 11.9 Å². The van der Waals surface area contributed by atoms with Crippen LogP contribution in [0.1, 0.15) is 116 Å². The van der Waals surface area contributed by atoms with Gasteiger partial charge in [-0.25, -0.2) is 0 Å². The summed E-state index contributed by atoms with van der Waals surface area (Å²) in [6.07, 6.45) is -11.0. The van der Waals surface area contributed by atoms with Crippen molar-refractivity contribution in [3.05, 3.63) is 12.2 Å². The van der Waals surface area contributed by atoms with Crippen LogP contribution in [-0.4, -0.2) is 170 Å². The molecule has 4 aliphatic heterocycles. The number of hydrogen-bond acceptors (Lipinski definition) is 17. The maximum Gasteiger partial charge on any atom is 0.311 e. The molecule has 4 rings (SSSR count). The van der Waals surface area contributed by atoms with Crippen molar-refractivity contribution in [3.8, 4) is 0 Å². The Kier molecular flexibility index (Phi) is 21.3. The number of nitrogens with zero attached hydrogens (tertiary/aromatic N) is 1. The predicted molar refractivity (Wildman–Crippen MR) is 247 cm³/mol. The molecular weight excluding hydrogens is 871 g/mol. The van der Waals surface area contributed by atoms with Gasteiger partial charge in [0.05, 0.1) is 49.0 Å². The van der Waals surface area contributed by atoms with E-state index in [9.17, 15) is 24.9 Å². The summed E-state index contributed by atoms with van der Waals surface area (Å²) in [4.78, 5) is 45.7. The van der Waals surface area contributed by atoms with Crippen molar-refractivity contribution in [2.45, 2.75) is 213 Å². The third-order valence-electron chi connectivity index (χ3n) is 14.5. The zero-order valence-electron chi connectivity index (χ0n) is 43.2. The molecule has 67 heavy (non-hydrogen) atoms. The number of aliphatic hydroxyl groups is 3. The Hall–Kier alpha value is -2.13. The van der Waals surface area contributed by atoms with Gasteiger partial charge in [0, 0.05) is 57.4 Å². The number of rotatable bonds is 13. The fraction of sp³-hybridized carbons (Fsp3) is 0.900. The van der Waals surface area contributed by atoms with Crippen LogP contribution in [0.15, 0.2) is 12.2 Å². The molecule has 388 valence electrons. The summed E-state index contributed by atoms with van der Waals surface area (Å²) in [6.45, 7) is 28.1. The summed E-state index contributed by atoms with van der Waals surface area (Å²) in [5, 5.41) is 34.5. The number of carbonyl (C=O) groups excluding carboxylic acids is 3. The first-order valence-corrected chi connectivity index (χ1v) is 24.6. The normalized spacial score (nSPS) is 44.1. The van der Waals surface area contributed by atoms with Gasteiger partial charge in [-0.15, -0.1) is 0 Å². The highest BCUT2D eigenvalue weighted by Gasteiger charge is 2.51. The zero-order chi connectivity index (χ0) is 50.4. The molecule has 0 amide bonds. The van der Waals surface area contributed by atoms with E-state index in [1.54, 1.807) is 27.7 Å². The van der Waals surface area contributed by atoms with Crippen molar-refractivity contribution in [2.24, 2.45) is 41.4 Å². The third kappa shape index (κ3) is 14.5. The summed E-state index contributed by atoms with van der Waals surface area (Å²) in [6, 6.07) is 0.0658. The van der Waals surface area contributed by atoms with Gasteiger partial charge in [0.15, 0.2) is 24.7 Å². The molecule has 17 heteroatoms. The Balaban J connectivity index is 1.86. The summed E-state index contributed by atoms with van der Waals surface area (Å²) in [5.41, 5.74) is -1.44. The lowest BCUT2D eigenvalue weighted by molar-refractivity contribution is -0.305. The number of cyclic esters (lactones) is 1. The number of ether oxygens (including phenoxy) is 10. The Morgan fingerprint density at radius 3 is 2.09 bits per heavy atom. The lowest BCUT2D eigenvalue weighted by Gasteiger charge is -2.44. The van der Waals surface area contributed by atoms with Gasteiger partial charge in [-0.1, -0.05) is 55.0 Å². The maximum absolute atomic E-state index is 15.1. The summed E-state index contributed by atoms with van der Waals surface area (Å²) < 4.78 is 63.0. The van der Waals surface area contributed by atoms with Crippen molar-refractivity contribution in [2.75, 3.05) is 34.4 Å². The first kappa shape index (κ1) is 57.4. The van der Waals surface area contributed by atoms with E-state index in [-0.39, 0.29) is 43.6 Å². The van der Waals surface area contributed by atoms with Crippen LogP contribution >= 0.6 is 0 Å². The van der Waals surface area contributed by atoms with Gasteiger partial charge < -0.3 is 67.6 Å². The summed E-state index contributed by atoms with van der Waals surface area (Å²) >= 11 is 0. The number of aliphatic hydroxyl groups excluding tert-OH is 2. The predicted octanol–water partition coefficient (Wildman–Crippen LogP) is 4.83. The Morgan fingerprint density at radius 2 is 1.48 bits per heavy atom. The molecule has 0 aliphatic carbocycles. The monoisotopic (exact) mass is 958 g/mol. The fourth-order valence-electron chi connectivity index (χ4n) is 10.6. The van der Waals surface area contributed by atoms with Gasteiger partial charge in [0.1, 0.15) is 42.2 Å². The highest BCUT2D eigenvalue weighted by Crippen LogP contribution is 2.40. The topological polar surface area (TPSA) is 207 Å². The Morgan fingerprint density at radius 1 is 0.836 bits per heavy atom. The van der Waals surface area contributed by atoms with Crippen molar-refractivity contribution >= 4 is 17.7 Å². The van der Waals surface area contributed by atoms with Crippen LogP contribution in [0.5, 0.6) is 0 Å². The molecule has 0 radical (unpaired) electrons. The highest BCUT2D eigenvalue weighted by molar-refractivity contribution is 5.89. The van der Waals surface area contributed by atoms with Gasteiger partial charge in [0.2, 0.25) is 0 Å². The lowest BCUT2D eigenvalue weighted by atomic mass is 9.74. The smallest absolute Gasteiger partial charge is 0.311 e. The molecule has 0 bridgehead atoms. The molecule has 17 nitrogen and oxygen atoms in total. The second-order valence-electron chi connectivity index (χ2n) is 21.2. The van der Waals surface area contributed by atoms with Gasteiger partial charge in [-0.05, 0) is 78.8 Å². The van der Waals surface area contributed by atoms with E-state index in [1.807, 2.05) is 55.5 Å². The molecule has 0 aromatic carbocycles. The number of Topliss-reactive ketones (excluding diaryl/α,β-unsaturated/α-hetero) is 1. The Bertz CT molecular complexity index is 1610. The average molecular weight is 958 g/mol. The molecule has 0 aromatic rings. The zero-order valence-corrected chi connectivity index (χ0v) is 43.2. The van der Waals surface area contributed by atoms with Crippen LogP contribution in [0.2, 0.25) is 0 Å². The minimum atomic E-state index is -1.98. The summed E-state index contributed by atoms with van der Waals surface area (Å²) in [7, 11) is 4.95. The second kappa shape index (κ2) is 24.8. The number of esters is 2. The van der Waals surface area contributed by atoms with E-state index >= 15 is 4.79 Å². The standard InChI is InChI=1S/C50H87NO16/c1-24(2)18-36(52)64-42-32(10)41(27(5)23-60-49-45(59-17)44(58-16)39(54)35(13)63-49)66-47(56)34(12)43(65-37-20-28(6)51(15)22-30(8)61-37)31(9)40(26(4)21-50(14,57)46(55)33(42)11)67-48-38(53)25(3)19-29(7)62-48/h24,26-35,37-45,48-49,53-54,57H,3,18-23H2,1-2,4-17H3/t26-,27-,28?,29+,30-,31+,32-,33+,34+,35+,37-,38+,39+,40-,41+,42+,43-,44+,45+,48-,49+,50-/m0/s1. The summed E-state index contributed by atoms with van der Waals surface area (Å²) in [5.74, 6) is -6.62. The molecule has 0 saturated carbocycles. The minimum absolute atomic E-state index is 0.0617. The molecule has 0 aromatic heterocycles. The lowest BCUT2D eigenvalue weighted by Crippen LogP contribution is -2.59. The first-order valence-electron chi connectivity index (χ1n) is 24.6. The van der Waals surface area contributed by atoms with Crippen molar-refractivity contribution in [3.63, 3.8) is 0 Å². The highest BCUT2D eigenvalue weighted by atomic mass is 16.7. The van der Waals surface area contributed by atoms with Crippen LogP contribution in [-0.2, 0) is 61.8 Å². The van der Waals surface area contributed by atoms with Crippen molar-refractivity contribution in [1.29, 1.82) is 0 Å². The van der Waals surface area contributed by atoms with E-state index in [0.717, 1.165) is 0 Å². The SMILES string of the molecule is C=C1C[C@@H](C)O[C@@H](O[C@@H]2[C@@H](C)[C@H](O[C@H]3CC(C)N(C)C[C@H](C)O3)[C@@H](C)C(=O)O[C@H]([C@@H](C)CO[C@@H]3O[C@H](C)[C@@H](O)[C@@H](OC)[C@H]3OC)[C@H](C)[C@@H](OC(=O)CC(C)C)[C@@H](C)C(=O)[C@@](C)(O)C[C@@H]2C)[C@@H]1O. The van der Waals surface area contributed by atoms with Crippen molar-refractivity contribution in [1.82, 2.24) is 4.90 Å². The molecule has 4 aliphatic rings. The van der Waals surface area contributed by atoms with Crippen molar-refractivity contribution < 1.29 is 77.1 Å². The van der Waals surface area contributed by atoms with E-state index in [2.05, 4.69) is 18.4 Å². The molecule has 22 atom stereocenters. The number of methoxy groups -OCH3 is 2. The van der Waals surface area contributed by atoms with Gasteiger partial charge in [-0.2, -0.15) is 0 Å². The molecule has 3 N–H and O–H groups in total. The first-order chi connectivity index (χ1) is 31.2. The molecule has 4 fully saturated rings. The maximum atomic E-state index is 15.1. The van der Waals surface area contributed by atoms with E-state index in [0.29, 0.717) is 25.0 Å². The van der Waals surface area contributed by atoms with Crippen LogP contribution in [0, 0.1) is 41.4 Å². The molecule has 0 spiro atoms. The minimum Gasteiger partial charge on any atom is -0.461 e. The van der Waals surface area contributed by atoms with Crippen LogP contribution in [0.25, 0.3) is 0 Å². The molecule has 1 unspecified atom stereocenters. The van der Waals surface area contributed by atoms with E-state index in [4.69, 9.17) is 47.4 Å². The molecular formula is C50H87NO16. The van der Waals surface area contributed by atoms with E-state index < -0.39 is 133 Å². The fourth-order valence-corrected chi connectivity index (χ4v) is 10.6. The average Bonchev–Trinajstić information content (AvgIpc) is 3.36. The molecule has 4 saturated heterocycles. The van der Waals surface area contributed by atoms with Gasteiger partial charge in [0.25, 0.3) is 0 Å². The largest absolute Gasteiger partial charge is 0.461 e. The molecule has 4 heterocycles. The number of likely N-dealkylation sites (N-methyl/N-ethyl adjacent to an activating group) is 1. The number of hydrogen-bond donors (Lipinski definition) is 3. The number of carbonyl (C=O) groups is 3. The van der Waals surface area contributed by atoms with Gasteiger partial charge in [-0.3, -0.25) is 14.4 Å². The van der Waals surface area contributed by atoms with Crippen LogP contribution < -0.4 is 0 Å². The second-order valence-corrected chi connectivity index (χ2v) is 21.2. The Labute approximate surface area is 400 Å². The number of ketones is 1. The van der Waals surface area contributed by atoms with Crippen LogP contribution in [0.4, 0.5) is 0 Å². The third-order valence-corrected chi connectivity index (χ3v) is 14.5. The van der Waals surface area contributed by atoms with E-state index in [1.165, 1.54) is 21.1 Å². The van der Waals surface area contributed by atoms with Crippen LogP contribution in [0.3, 0.4) is 0 Å².